The first kappa shape index (κ1) is 18.5. The van der Waals surface area contributed by atoms with Crippen LogP contribution in [0.3, 0.4) is 0 Å². The minimum absolute atomic E-state index is 0.353. The zero-order valence-corrected chi connectivity index (χ0v) is 14.5. The second-order valence-corrected chi connectivity index (χ2v) is 7.31. The van der Waals surface area contributed by atoms with Crippen molar-refractivity contribution >= 4 is 0 Å². The fourth-order valence-electron chi connectivity index (χ4n) is 3.09. The van der Waals surface area contributed by atoms with Crippen LogP contribution in [0.5, 0.6) is 0 Å². The van der Waals surface area contributed by atoms with Gasteiger partial charge < -0.3 is 4.74 Å². The third kappa shape index (κ3) is 6.36. The molecule has 3 heteroatoms. The third-order valence-electron chi connectivity index (χ3n) is 4.92. The molecule has 1 atom stereocenters. The standard InChI is InChI=1S/C18H34N2O/c1-5-13-20-18(6-2,15-19)10-7-14-21-16-8-11-17(3,4)12-9-16/h16,20H,5-14H2,1-4H3. The molecule has 0 aromatic carbocycles. The Bertz CT molecular complexity index is 325. The molecular weight excluding hydrogens is 260 g/mol. The molecule has 21 heavy (non-hydrogen) atoms. The zero-order valence-electron chi connectivity index (χ0n) is 14.5. The van der Waals surface area contributed by atoms with Crippen molar-refractivity contribution in [1.29, 1.82) is 5.26 Å². The van der Waals surface area contributed by atoms with Crippen molar-refractivity contribution in [1.82, 2.24) is 5.32 Å². The van der Waals surface area contributed by atoms with Crippen LogP contribution in [0.1, 0.15) is 79.1 Å². The van der Waals surface area contributed by atoms with E-state index in [0.717, 1.165) is 38.8 Å². The lowest BCUT2D eigenvalue weighted by molar-refractivity contribution is 0.00141. The van der Waals surface area contributed by atoms with Crippen molar-refractivity contribution < 1.29 is 4.74 Å². The highest BCUT2D eigenvalue weighted by Crippen LogP contribution is 2.36. The average Bonchev–Trinajstić information content (AvgIpc) is 2.48. The van der Waals surface area contributed by atoms with E-state index in [4.69, 9.17) is 4.74 Å². The number of hydrogen-bond acceptors (Lipinski definition) is 3. The van der Waals surface area contributed by atoms with E-state index in [2.05, 4.69) is 39.1 Å². The van der Waals surface area contributed by atoms with Crippen molar-refractivity contribution in [2.45, 2.75) is 90.7 Å². The predicted molar refractivity (Wildman–Crippen MR) is 88.2 cm³/mol. The fraction of sp³-hybridized carbons (Fsp3) is 0.944. The Kier molecular flexibility index (Phi) is 7.70. The summed E-state index contributed by atoms with van der Waals surface area (Å²) in [5, 5.41) is 12.9. The highest BCUT2D eigenvalue weighted by atomic mass is 16.5. The molecule has 0 aromatic rings. The Labute approximate surface area is 131 Å². The minimum atomic E-state index is -0.353. The van der Waals surface area contributed by atoms with Crippen molar-refractivity contribution in [3.05, 3.63) is 0 Å². The van der Waals surface area contributed by atoms with Gasteiger partial charge in [0.25, 0.3) is 0 Å². The summed E-state index contributed by atoms with van der Waals surface area (Å²) in [6, 6.07) is 2.48. The molecule has 1 N–H and O–H groups in total. The number of ether oxygens (including phenoxy) is 1. The summed E-state index contributed by atoms with van der Waals surface area (Å²) in [5.74, 6) is 0. The molecule has 122 valence electrons. The maximum atomic E-state index is 9.46. The molecule has 0 saturated heterocycles. The van der Waals surface area contributed by atoms with E-state index in [9.17, 15) is 5.26 Å². The molecule has 1 aliphatic rings. The summed E-state index contributed by atoms with van der Waals surface area (Å²) >= 11 is 0. The number of rotatable bonds is 9. The maximum Gasteiger partial charge on any atom is 0.106 e. The predicted octanol–water partition coefficient (Wildman–Crippen LogP) is 4.42. The molecule has 0 bridgehead atoms. The van der Waals surface area contributed by atoms with Crippen LogP contribution in [0, 0.1) is 16.7 Å². The van der Waals surface area contributed by atoms with Gasteiger partial charge in [0.15, 0.2) is 0 Å². The Morgan fingerprint density at radius 2 is 1.95 bits per heavy atom. The Hall–Kier alpha value is -0.590. The lowest BCUT2D eigenvalue weighted by Crippen LogP contribution is -2.44. The lowest BCUT2D eigenvalue weighted by atomic mass is 9.76. The second kappa shape index (κ2) is 8.76. The molecule has 0 radical (unpaired) electrons. The SMILES string of the molecule is CCCNC(C#N)(CC)CCCOC1CCC(C)(C)CC1. The van der Waals surface area contributed by atoms with E-state index >= 15 is 0 Å². The first-order chi connectivity index (χ1) is 9.97. The van der Waals surface area contributed by atoms with Gasteiger partial charge in [-0.2, -0.15) is 5.26 Å². The molecule has 1 saturated carbocycles. The third-order valence-corrected chi connectivity index (χ3v) is 4.92. The van der Waals surface area contributed by atoms with Crippen LogP contribution < -0.4 is 5.32 Å². The molecule has 1 rings (SSSR count). The first-order valence-electron chi connectivity index (χ1n) is 8.75. The Morgan fingerprint density at radius 3 is 2.48 bits per heavy atom. The molecule has 0 aliphatic heterocycles. The van der Waals surface area contributed by atoms with E-state index in [1.165, 1.54) is 25.7 Å². The molecule has 3 nitrogen and oxygen atoms in total. The van der Waals surface area contributed by atoms with E-state index < -0.39 is 0 Å². The van der Waals surface area contributed by atoms with Crippen molar-refractivity contribution in [2.24, 2.45) is 5.41 Å². The monoisotopic (exact) mass is 294 g/mol. The quantitative estimate of drug-likeness (QED) is 0.640. The summed E-state index contributed by atoms with van der Waals surface area (Å²) < 4.78 is 6.03. The summed E-state index contributed by atoms with van der Waals surface area (Å²) in [6.07, 6.45) is 9.16. The van der Waals surface area contributed by atoms with Crippen molar-refractivity contribution in [3.63, 3.8) is 0 Å². The summed E-state index contributed by atoms with van der Waals surface area (Å²) in [5.41, 5.74) is 0.149. The summed E-state index contributed by atoms with van der Waals surface area (Å²) in [4.78, 5) is 0. The van der Waals surface area contributed by atoms with Gasteiger partial charge in [-0.05, 0) is 63.3 Å². The molecule has 0 amide bonds. The lowest BCUT2D eigenvalue weighted by Gasteiger charge is -2.34. The number of hydrogen-bond donors (Lipinski definition) is 1. The van der Waals surface area contributed by atoms with Crippen molar-refractivity contribution in [2.75, 3.05) is 13.2 Å². The maximum absolute atomic E-state index is 9.46. The van der Waals surface area contributed by atoms with Crippen LogP contribution in [-0.4, -0.2) is 24.8 Å². The largest absolute Gasteiger partial charge is 0.378 e. The average molecular weight is 294 g/mol. The normalized spacial score (nSPS) is 21.7. The number of nitrogens with zero attached hydrogens (tertiary/aromatic N) is 1. The molecule has 1 fully saturated rings. The van der Waals surface area contributed by atoms with E-state index in [-0.39, 0.29) is 5.54 Å². The molecule has 0 heterocycles. The van der Waals surface area contributed by atoms with Crippen LogP contribution in [0.15, 0.2) is 0 Å². The molecule has 1 unspecified atom stereocenters. The highest BCUT2D eigenvalue weighted by molar-refractivity contribution is 5.06. The summed E-state index contributed by atoms with van der Waals surface area (Å²) in [6.45, 7) is 10.6. The number of nitriles is 1. The van der Waals surface area contributed by atoms with Gasteiger partial charge in [0, 0.05) is 6.61 Å². The van der Waals surface area contributed by atoms with Crippen LogP contribution in [0.25, 0.3) is 0 Å². The Morgan fingerprint density at radius 1 is 1.29 bits per heavy atom. The molecule has 0 spiro atoms. The second-order valence-electron chi connectivity index (χ2n) is 7.31. The molecule has 1 aliphatic carbocycles. The smallest absolute Gasteiger partial charge is 0.106 e. The van der Waals surface area contributed by atoms with Gasteiger partial charge in [-0.3, -0.25) is 5.32 Å². The Balaban J connectivity index is 2.24. The van der Waals surface area contributed by atoms with E-state index in [0.29, 0.717) is 11.5 Å². The van der Waals surface area contributed by atoms with Gasteiger partial charge in [0.2, 0.25) is 0 Å². The van der Waals surface area contributed by atoms with Crippen LogP contribution >= 0.6 is 0 Å². The van der Waals surface area contributed by atoms with Crippen LogP contribution in [-0.2, 0) is 4.74 Å². The van der Waals surface area contributed by atoms with Crippen LogP contribution in [0.2, 0.25) is 0 Å². The van der Waals surface area contributed by atoms with Crippen LogP contribution in [0.4, 0.5) is 0 Å². The molecular formula is C18H34N2O. The van der Waals surface area contributed by atoms with Crippen molar-refractivity contribution in [3.8, 4) is 6.07 Å². The minimum Gasteiger partial charge on any atom is -0.378 e. The van der Waals surface area contributed by atoms with Gasteiger partial charge in [0.05, 0.1) is 12.2 Å². The fourth-order valence-corrected chi connectivity index (χ4v) is 3.09. The van der Waals surface area contributed by atoms with Gasteiger partial charge in [0.1, 0.15) is 5.54 Å². The van der Waals surface area contributed by atoms with Gasteiger partial charge >= 0.3 is 0 Å². The van der Waals surface area contributed by atoms with E-state index in [1.54, 1.807) is 0 Å². The van der Waals surface area contributed by atoms with Gasteiger partial charge in [-0.1, -0.05) is 27.7 Å². The molecule has 0 aromatic heterocycles. The van der Waals surface area contributed by atoms with E-state index in [1.807, 2.05) is 0 Å². The number of nitrogens with one attached hydrogen (secondary N) is 1. The highest BCUT2D eigenvalue weighted by Gasteiger charge is 2.28. The summed E-state index contributed by atoms with van der Waals surface area (Å²) in [7, 11) is 0. The zero-order chi connectivity index (χ0) is 15.8. The van der Waals surface area contributed by atoms with Gasteiger partial charge in [-0.15, -0.1) is 0 Å². The first-order valence-corrected chi connectivity index (χ1v) is 8.75. The topological polar surface area (TPSA) is 45.0 Å². The van der Waals surface area contributed by atoms with Gasteiger partial charge in [-0.25, -0.2) is 0 Å².